The van der Waals surface area contributed by atoms with E-state index in [4.69, 9.17) is 10.5 Å². The number of β-lactam (4-membered cyclic amide) rings is 1. The zero-order valence-electron chi connectivity index (χ0n) is 22.5. The molecule has 224 valence electrons. The highest BCUT2D eigenvalue weighted by Gasteiger charge is 2.54. The first-order valence-electron chi connectivity index (χ1n) is 13.2. The van der Waals surface area contributed by atoms with Gasteiger partial charge in [0.15, 0.2) is 10.8 Å². The molecule has 1 aromatic rings. The second-order valence-corrected chi connectivity index (χ2v) is 11.9. The molecule has 0 aliphatic carbocycles. The lowest BCUT2D eigenvalue weighted by Gasteiger charge is -2.49. The van der Waals surface area contributed by atoms with Crippen LogP contribution in [0, 0.1) is 0 Å². The Morgan fingerprint density at radius 1 is 1.26 bits per heavy atom. The Balaban J connectivity index is 1.26. The molecule has 1 aromatic heterocycles. The molecule has 0 unspecified atom stereocenters. The second kappa shape index (κ2) is 12.0. The van der Waals surface area contributed by atoms with Gasteiger partial charge in [-0.1, -0.05) is 5.16 Å². The highest BCUT2D eigenvalue weighted by molar-refractivity contribution is 8.00. The van der Waals surface area contributed by atoms with Crippen molar-refractivity contribution >= 4 is 63.7 Å². The van der Waals surface area contributed by atoms with Crippen molar-refractivity contribution in [2.75, 3.05) is 37.7 Å². The number of nitrogens with zero attached hydrogens (tertiary/aromatic N) is 5. The molecule has 0 spiro atoms. The molecule has 3 saturated heterocycles. The number of ether oxygens (including phenoxy) is 1. The van der Waals surface area contributed by atoms with Gasteiger partial charge in [-0.05, 0) is 37.8 Å². The number of nitrogens with one attached hydrogen (secondary N) is 1. The number of aromatic nitrogens is 1. The summed E-state index contributed by atoms with van der Waals surface area (Å²) < 4.78 is 5.06. The summed E-state index contributed by atoms with van der Waals surface area (Å²) in [5.41, 5.74) is 5.75. The van der Waals surface area contributed by atoms with E-state index >= 15 is 0 Å². The van der Waals surface area contributed by atoms with E-state index < -0.39 is 34.9 Å². The van der Waals surface area contributed by atoms with Gasteiger partial charge in [-0.2, -0.15) is 0 Å². The first kappa shape index (κ1) is 29.4. The molecule has 4 amide bonds. The molecular formula is C25H29N7O8S2. The number of piperidine rings is 1. The van der Waals surface area contributed by atoms with Crippen LogP contribution >= 0.6 is 23.1 Å². The van der Waals surface area contributed by atoms with Crippen molar-refractivity contribution in [3.63, 3.8) is 0 Å². The van der Waals surface area contributed by atoms with Gasteiger partial charge in [0.25, 0.3) is 11.8 Å². The predicted molar refractivity (Wildman–Crippen MR) is 151 cm³/mol. The van der Waals surface area contributed by atoms with E-state index in [9.17, 15) is 34.3 Å². The number of carboxylic acids is 1. The molecule has 15 nitrogen and oxygen atoms in total. The number of hydrogen-bond acceptors (Lipinski definition) is 12. The van der Waals surface area contributed by atoms with Crippen LogP contribution in [-0.2, 0) is 23.9 Å². The van der Waals surface area contributed by atoms with E-state index in [1.807, 2.05) is 0 Å². The van der Waals surface area contributed by atoms with E-state index in [2.05, 4.69) is 15.5 Å². The standard InChI is InChI=1S/C25H29N7O8S2/c1-2-40-25(38)30-6-4-14(5-7-30)31-8-3-12(20(31)34)9-13-10-41-22-17(21(35)32(22)18(13)23(36)37)28-19(33)16(29-39)15-11-42-24(26)27-15/h9,11,14,17,22,39H,2-8,10H2,1H3,(H2,26,27)(H,28,33)(H,36,37)/t17-,22-/m1/s1. The minimum absolute atomic E-state index is 0.0392. The Morgan fingerprint density at radius 3 is 2.62 bits per heavy atom. The summed E-state index contributed by atoms with van der Waals surface area (Å²) in [4.78, 5) is 71.8. The van der Waals surface area contributed by atoms with Crippen LogP contribution in [0.15, 0.2) is 33.5 Å². The number of oxime groups is 1. The molecule has 5 N–H and O–H groups in total. The van der Waals surface area contributed by atoms with E-state index in [0.717, 1.165) is 16.2 Å². The number of anilines is 1. The first-order chi connectivity index (χ1) is 20.1. The number of allylic oxidation sites excluding steroid dienone is 1. The fourth-order valence-electron chi connectivity index (χ4n) is 5.47. The van der Waals surface area contributed by atoms with E-state index in [-0.39, 0.29) is 40.3 Å². The third-order valence-electron chi connectivity index (χ3n) is 7.50. The third-order valence-corrected chi connectivity index (χ3v) is 9.48. The maximum Gasteiger partial charge on any atom is 0.409 e. The van der Waals surface area contributed by atoms with Crippen LogP contribution < -0.4 is 11.1 Å². The Bertz CT molecular complexity index is 1410. The highest BCUT2D eigenvalue weighted by Crippen LogP contribution is 2.41. The van der Waals surface area contributed by atoms with Crippen molar-refractivity contribution in [3.8, 4) is 0 Å². The monoisotopic (exact) mass is 619 g/mol. The number of carbonyl (C=O) groups excluding carboxylic acids is 4. The maximum absolute atomic E-state index is 13.3. The highest BCUT2D eigenvalue weighted by atomic mass is 32.2. The summed E-state index contributed by atoms with van der Waals surface area (Å²) >= 11 is 2.29. The molecule has 0 saturated carbocycles. The Kier molecular flexibility index (Phi) is 8.40. The lowest BCUT2D eigenvalue weighted by Crippen LogP contribution is -2.71. The number of nitrogens with two attached hydrogens (primary N) is 1. The predicted octanol–water partition coefficient (Wildman–Crippen LogP) is 0.422. The summed E-state index contributed by atoms with van der Waals surface area (Å²) in [5.74, 6) is -2.82. The van der Waals surface area contributed by atoms with Crippen molar-refractivity contribution < 1.29 is 39.0 Å². The quantitative estimate of drug-likeness (QED) is 0.108. The van der Waals surface area contributed by atoms with E-state index in [0.29, 0.717) is 56.6 Å². The van der Waals surface area contributed by atoms with Crippen molar-refractivity contribution in [1.82, 2.24) is 25.0 Å². The summed E-state index contributed by atoms with van der Waals surface area (Å²) in [6.45, 7) is 3.49. The van der Waals surface area contributed by atoms with Gasteiger partial charge in [0.1, 0.15) is 22.8 Å². The zero-order chi connectivity index (χ0) is 30.1. The van der Waals surface area contributed by atoms with Crippen molar-refractivity contribution in [1.29, 1.82) is 0 Å². The Morgan fingerprint density at radius 2 is 2.00 bits per heavy atom. The van der Waals surface area contributed by atoms with Gasteiger partial charge >= 0.3 is 12.1 Å². The molecule has 5 heterocycles. The van der Waals surface area contributed by atoms with Gasteiger partial charge in [-0.15, -0.1) is 23.1 Å². The molecule has 5 rings (SSSR count). The lowest BCUT2D eigenvalue weighted by atomic mass is 10.0. The van der Waals surface area contributed by atoms with E-state index in [1.165, 1.54) is 17.1 Å². The number of amides is 4. The number of likely N-dealkylation sites (tertiary alicyclic amines) is 2. The maximum atomic E-state index is 13.3. The van der Waals surface area contributed by atoms with Crippen LogP contribution in [0.1, 0.15) is 31.9 Å². The largest absolute Gasteiger partial charge is 0.477 e. The normalized spacial score (nSPS) is 24.2. The van der Waals surface area contributed by atoms with Crippen molar-refractivity contribution in [3.05, 3.63) is 34.0 Å². The minimum atomic E-state index is -1.32. The van der Waals surface area contributed by atoms with Gasteiger partial charge in [0.05, 0.1) is 6.61 Å². The molecule has 0 aromatic carbocycles. The summed E-state index contributed by atoms with van der Waals surface area (Å²) in [5, 5.41) is 25.7. The van der Waals surface area contributed by atoms with Gasteiger partial charge in [0.2, 0.25) is 5.91 Å². The minimum Gasteiger partial charge on any atom is -0.477 e. The summed E-state index contributed by atoms with van der Waals surface area (Å²) in [6.07, 6.45) is 2.86. The number of carbonyl (C=O) groups is 5. The lowest BCUT2D eigenvalue weighted by molar-refractivity contribution is -0.150. The molecule has 17 heteroatoms. The number of carboxylic acid groups (broad SMARTS) is 1. The van der Waals surface area contributed by atoms with Gasteiger partial charge in [0, 0.05) is 42.4 Å². The number of hydrogen-bond donors (Lipinski definition) is 4. The smallest absolute Gasteiger partial charge is 0.409 e. The molecule has 4 aliphatic rings. The van der Waals surface area contributed by atoms with Gasteiger partial charge in [-0.3, -0.25) is 19.3 Å². The van der Waals surface area contributed by atoms with E-state index in [1.54, 1.807) is 22.8 Å². The Hall–Kier alpha value is -4.12. The fraction of sp³-hybridized carbons (Fsp3) is 0.480. The van der Waals surface area contributed by atoms with Crippen LogP contribution in [0.4, 0.5) is 9.93 Å². The molecule has 42 heavy (non-hydrogen) atoms. The van der Waals surface area contributed by atoms with Crippen LogP contribution in [0.3, 0.4) is 0 Å². The molecular weight excluding hydrogens is 590 g/mol. The van der Waals surface area contributed by atoms with Crippen molar-refractivity contribution in [2.45, 2.75) is 43.6 Å². The molecule has 2 atom stereocenters. The fourth-order valence-corrected chi connectivity index (χ4v) is 7.33. The number of fused-ring (bicyclic) bond motifs is 1. The number of rotatable bonds is 7. The first-order valence-corrected chi connectivity index (χ1v) is 15.2. The molecule has 4 aliphatic heterocycles. The topological polar surface area (TPSA) is 208 Å². The number of nitrogen functional groups attached to an aromatic ring is 1. The number of thioether (sulfide) groups is 1. The van der Waals surface area contributed by atoms with Crippen molar-refractivity contribution in [2.24, 2.45) is 5.16 Å². The average molecular weight is 620 g/mol. The van der Waals surface area contributed by atoms with Gasteiger partial charge in [-0.25, -0.2) is 14.6 Å². The van der Waals surface area contributed by atoms with Crippen LogP contribution in [0.5, 0.6) is 0 Å². The Labute approximate surface area is 248 Å². The van der Waals surface area contributed by atoms with Crippen LogP contribution in [0.2, 0.25) is 0 Å². The third kappa shape index (κ3) is 5.40. The molecule has 3 fully saturated rings. The molecule has 0 radical (unpaired) electrons. The number of thiazole rings is 1. The SMILES string of the molecule is CCOC(=O)N1CCC(N2CCC(=CC3=C(C(=O)O)N4C(=O)[C@@H](NC(=O)C(=NO)c5csc(N)n5)[C@H]4SC3)C2=O)CC1. The summed E-state index contributed by atoms with van der Waals surface area (Å²) in [6, 6.07) is -1.09. The average Bonchev–Trinajstić information content (AvgIpc) is 3.56. The summed E-state index contributed by atoms with van der Waals surface area (Å²) in [7, 11) is 0. The zero-order valence-corrected chi connectivity index (χ0v) is 24.2. The molecule has 0 bridgehead atoms. The second-order valence-electron chi connectivity index (χ2n) is 9.89. The van der Waals surface area contributed by atoms with Gasteiger partial charge < -0.3 is 35.9 Å². The van der Waals surface area contributed by atoms with Crippen LogP contribution in [-0.4, -0.2) is 115 Å². The van der Waals surface area contributed by atoms with Crippen LogP contribution in [0.25, 0.3) is 0 Å². The number of aliphatic carboxylic acids is 1.